The van der Waals surface area contributed by atoms with Crippen LogP contribution in [0.5, 0.6) is 0 Å². The van der Waals surface area contributed by atoms with E-state index in [4.69, 9.17) is 0 Å². The van der Waals surface area contributed by atoms with Crippen molar-refractivity contribution in [3.63, 3.8) is 0 Å². The van der Waals surface area contributed by atoms with E-state index < -0.39 is 30.9 Å². The fourth-order valence-electron chi connectivity index (χ4n) is 4.00. The Hall–Kier alpha value is -2.83. The first-order valence-corrected chi connectivity index (χ1v) is 11.4. The lowest BCUT2D eigenvalue weighted by atomic mass is 9.88. The van der Waals surface area contributed by atoms with E-state index in [1.165, 1.54) is 23.1 Å². The number of halogens is 1. The highest BCUT2D eigenvalue weighted by Crippen LogP contribution is 2.47. The third kappa shape index (κ3) is 3.16. The molecule has 1 aliphatic carbocycles. The molecule has 2 unspecified atom stereocenters. The maximum absolute atomic E-state index is 13.9. The zero-order valence-corrected chi connectivity index (χ0v) is 16.8. The molecule has 1 saturated carbocycles. The van der Waals surface area contributed by atoms with Gasteiger partial charge in [0.25, 0.3) is 0 Å². The summed E-state index contributed by atoms with van der Waals surface area (Å²) in [6.45, 7) is 0.395. The van der Waals surface area contributed by atoms with Crippen LogP contribution in [0.3, 0.4) is 0 Å². The predicted molar refractivity (Wildman–Crippen MR) is 111 cm³/mol. The number of ketones is 1. The van der Waals surface area contributed by atoms with Gasteiger partial charge in [0.05, 0.1) is 16.7 Å². The predicted octanol–water partition coefficient (Wildman–Crippen LogP) is 3.11. The monoisotopic (exact) mass is 427 g/mol. The van der Waals surface area contributed by atoms with Gasteiger partial charge in [-0.15, -0.1) is 0 Å². The number of amidine groups is 1. The fraction of sp³-hybridized carbons (Fsp3) is 0.286. The highest BCUT2D eigenvalue weighted by atomic mass is 31.2. The number of hydrogen-bond acceptors (Lipinski definition) is 4. The molecule has 7 nitrogen and oxygen atoms in total. The van der Waals surface area contributed by atoms with Crippen molar-refractivity contribution in [2.75, 3.05) is 16.8 Å². The maximum atomic E-state index is 13.9. The zero-order valence-electron chi connectivity index (χ0n) is 15.9. The highest BCUT2D eigenvalue weighted by Gasteiger charge is 2.45. The molecule has 2 aromatic rings. The standard InChI is InChI=1S/C21H19FN3O4P/c22-13-7-8-16-14(11-13)19(26)18(21(27)25(16)10-9-12-5-6-12)20-23-15-3-1-2-4-17(15)30(28,29)24-20/h1-4,7-8,11-12,18H,5-6,9-10H2,(H2,23,24,28,29). The average Bonchev–Trinajstić information content (AvgIpc) is 3.52. The van der Waals surface area contributed by atoms with Crippen molar-refractivity contribution < 1.29 is 23.4 Å². The van der Waals surface area contributed by atoms with Gasteiger partial charge in [0, 0.05) is 12.1 Å². The van der Waals surface area contributed by atoms with Crippen LogP contribution in [0, 0.1) is 17.7 Å². The molecule has 0 spiro atoms. The molecule has 3 aliphatic rings. The van der Waals surface area contributed by atoms with Crippen LogP contribution in [0.4, 0.5) is 15.8 Å². The van der Waals surface area contributed by atoms with E-state index in [1.807, 2.05) is 0 Å². The summed E-state index contributed by atoms with van der Waals surface area (Å²) in [6, 6.07) is 10.1. The van der Waals surface area contributed by atoms with E-state index in [1.54, 1.807) is 18.2 Å². The Bertz CT molecular complexity index is 1160. The Morgan fingerprint density at radius 1 is 1.20 bits per heavy atom. The summed E-state index contributed by atoms with van der Waals surface area (Å²) < 4.78 is 30.6. The van der Waals surface area contributed by atoms with E-state index in [9.17, 15) is 23.4 Å². The van der Waals surface area contributed by atoms with Gasteiger partial charge in [0.2, 0.25) is 5.91 Å². The van der Waals surface area contributed by atoms with Crippen LogP contribution in [-0.2, 0) is 9.36 Å². The summed E-state index contributed by atoms with van der Waals surface area (Å²) in [5.41, 5.74) is 0.766. The van der Waals surface area contributed by atoms with Crippen molar-refractivity contribution >= 4 is 41.7 Å². The maximum Gasteiger partial charge on any atom is 0.345 e. The Morgan fingerprint density at radius 3 is 2.73 bits per heavy atom. The summed E-state index contributed by atoms with van der Waals surface area (Å²) in [5.74, 6) is -2.80. The Morgan fingerprint density at radius 2 is 1.97 bits per heavy atom. The zero-order chi connectivity index (χ0) is 21.0. The average molecular weight is 427 g/mol. The van der Waals surface area contributed by atoms with E-state index in [0.717, 1.165) is 25.3 Å². The number of anilines is 2. The number of carbonyl (C=O) groups is 2. The van der Waals surface area contributed by atoms with E-state index in [-0.39, 0.29) is 16.7 Å². The number of rotatable bonds is 4. The van der Waals surface area contributed by atoms with Crippen LogP contribution >= 0.6 is 7.52 Å². The van der Waals surface area contributed by atoms with Crippen molar-refractivity contribution in [3.05, 3.63) is 53.8 Å². The Kier molecular flexibility index (Phi) is 4.38. The molecule has 0 bridgehead atoms. The second-order valence-corrected chi connectivity index (χ2v) is 9.62. The van der Waals surface area contributed by atoms with Gasteiger partial charge in [-0.1, -0.05) is 25.0 Å². The largest absolute Gasteiger partial charge is 0.345 e. The second kappa shape index (κ2) is 6.86. The molecule has 9 heteroatoms. The van der Waals surface area contributed by atoms with Crippen LogP contribution in [0.2, 0.25) is 0 Å². The number of benzene rings is 2. The van der Waals surface area contributed by atoms with Crippen molar-refractivity contribution in [2.45, 2.75) is 19.3 Å². The Balaban J connectivity index is 1.58. The lowest BCUT2D eigenvalue weighted by molar-refractivity contribution is -0.119. The summed E-state index contributed by atoms with van der Waals surface area (Å²) in [5, 5.41) is 2.99. The van der Waals surface area contributed by atoms with Crippen molar-refractivity contribution in [3.8, 4) is 0 Å². The lowest BCUT2D eigenvalue weighted by Crippen LogP contribution is -2.50. The molecule has 5 rings (SSSR count). The number of amides is 1. The van der Waals surface area contributed by atoms with Gasteiger partial charge in [-0.05, 0) is 42.7 Å². The molecule has 2 N–H and O–H groups in total. The molecular formula is C21H19FN3O4P. The molecule has 2 aromatic carbocycles. The number of para-hydroxylation sites is 1. The summed E-state index contributed by atoms with van der Waals surface area (Å²) in [4.78, 5) is 38.4. The second-order valence-electron chi connectivity index (χ2n) is 7.85. The molecule has 0 saturated heterocycles. The van der Waals surface area contributed by atoms with E-state index in [2.05, 4.69) is 10.1 Å². The highest BCUT2D eigenvalue weighted by molar-refractivity contribution is 7.65. The molecule has 2 atom stereocenters. The molecule has 2 aliphatic heterocycles. The molecule has 1 fully saturated rings. The molecule has 1 amide bonds. The van der Waals surface area contributed by atoms with Gasteiger partial charge in [0.15, 0.2) is 11.7 Å². The minimum absolute atomic E-state index is 0.0755. The van der Waals surface area contributed by atoms with Crippen LogP contribution in [0.1, 0.15) is 29.6 Å². The minimum Gasteiger partial charge on any atom is -0.342 e. The van der Waals surface area contributed by atoms with Crippen molar-refractivity contribution in [2.24, 2.45) is 16.6 Å². The Labute approximate surface area is 172 Å². The van der Waals surface area contributed by atoms with Crippen molar-refractivity contribution in [1.82, 2.24) is 0 Å². The van der Waals surface area contributed by atoms with Crippen LogP contribution < -0.4 is 15.5 Å². The summed E-state index contributed by atoms with van der Waals surface area (Å²) in [6.07, 6.45) is 3.00. The number of nitrogens with zero attached hydrogens (tertiary/aromatic N) is 2. The normalized spacial score (nSPS) is 25.3. The quantitative estimate of drug-likeness (QED) is 0.577. The fourth-order valence-corrected chi connectivity index (χ4v) is 5.29. The molecule has 0 aromatic heterocycles. The summed E-state index contributed by atoms with van der Waals surface area (Å²) >= 11 is 0. The third-order valence-corrected chi connectivity index (χ3v) is 7.25. The molecule has 0 radical (unpaired) electrons. The first-order chi connectivity index (χ1) is 14.3. The number of Topliss-reactive ketones (excluding diaryl/α,β-unsaturated/α-hetero) is 1. The van der Waals surface area contributed by atoms with Gasteiger partial charge >= 0.3 is 7.52 Å². The van der Waals surface area contributed by atoms with Crippen LogP contribution in [0.25, 0.3) is 0 Å². The van der Waals surface area contributed by atoms with Crippen LogP contribution in [0.15, 0.2) is 47.2 Å². The number of carbonyl (C=O) groups excluding carboxylic acids is 2. The molecular weight excluding hydrogens is 408 g/mol. The van der Waals surface area contributed by atoms with E-state index >= 15 is 0 Å². The van der Waals surface area contributed by atoms with E-state index in [0.29, 0.717) is 23.8 Å². The SMILES string of the molecule is O=C1c2cc(F)ccc2N(CCC2CC2)C(=O)C1C1=NP(=O)(O)c2ccccc2N1. The lowest BCUT2D eigenvalue weighted by Gasteiger charge is -2.35. The molecule has 2 heterocycles. The number of hydrogen-bond donors (Lipinski definition) is 2. The minimum atomic E-state index is -4.16. The third-order valence-electron chi connectivity index (χ3n) is 5.75. The summed E-state index contributed by atoms with van der Waals surface area (Å²) in [7, 11) is -4.16. The molecule has 154 valence electrons. The van der Waals surface area contributed by atoms with Gasteiger partial charge in [-0.2, -0.15) is 4.76 Å². The van der Waals surface area contributed by atoms with Crippen molar-refractivity contribution in [1.29, 1.82) is 0 Å². The number of nitrogens with one attached hydrogen (secondary N) is 1. The number of fused-ring (bicyclic) bond motifs is 2. The van der Waals surface area contributed by atoms with Gasteiger partial charge in [-0.25, -0.2) is 4.39 Å². The van der Waals surface area contributed by atoms with Crippen LogP contribution in [-0.4, -0.2) is 29.0 Å². The topological polar surface area (TPSA) is 99.1 Å². The van der Waals surface area contributed by atoms with Gasteiger partial charge in [-0.3, -0.25) is 14.2 Å². The first-order valence-electron chi connectivity index (χ1n) is 9.80. The van der Waals surface area contributed by atoms with Gasteiger partial charge in [0.1, 0.15) is 11.7 Å². The first kappa shape index (κ1) is 19.2. The van der Waals surface area contributed by atoms with Gasteiger partial charge < -0.3 is 15.1 Å². The smallest absolute Gasteiger partial charge is 0.342 e. The molecule has 30 heavy (non-hydrogen) atoms.